The summed E-state index contributed by atoms with van der Waals surface area (Å²) in [6, 6.07) is 5.60. The van der Waals surface area contributed by atoms with E-state index in [1.807, 2.05) is 18.2 Å². The maximum Gasteiger partial charge on any atom is 0.238 e. The number of halogens is 1. The zero-order chi connectivity index (χ0) is 13.8. The van der Waals surface area contributed by atoms with Crippen LogP contribution in [0.2, 0.25) is 0 Å². The summed E-state index contributed by atoms with van der Waals surface area (Å²) in [5.74, 6) is 1.03. The molecule has 1 aromatic carbocycles. The summed E-state index contributed by atoms with van der Waals surface area (Å²) < 4.78 is 32.1. The van der Waals surface area contributed by atoms with E-state index in [9.17, 15) is 8.42 Å². The molecule has 1 atom stereocenters. The van der Waals surface area contributed by atoms with Gasteiger partial charge < -0.3 is 10.1 Å². The van der Waals surface area contributed by atoms with E-state index in [0.29, 0.717) is 11.6 Å². The normalized spacial score (nSPS) is 27.9. The first-order valence-corrected chi connectivity index (χ1v) is 8.11. The molecule has 0 unspecified atom stereocenters. The molecule has 102 valence electrons. The van der Waals surface area contributed by atoms with Crippen molar-refractivity contribution in [3.8, 4) is 5.75 Å². The highest BCUT2D eigenvalue weighted by atomic mass is 79.9. The molecule has 0 bridgehead atoms. The molecule has 7 heteroatoms. The van der Waals surface area contributed by atoms with E-state index in [2.05, 4.69) is 27.8 Å². The van der Waals surface area contributed by atoms with Gasteiger partial charge in [-0.2, -0.15) is 0 Å². The third-order valence-electron chi connectivity index (χ3n) is 3.54. The van der Waals surface area contributed by atoms with E-state index >= 15 is 0 Å². The van der Waals surface area contributed by atoms with Crippen molar-refractivity contribution in [1.82, 2.24) is 9.62 Å². The van der Waals surface area contributed by atoms with Crippen LogP contribution in [0.4, 0.5) is 0 Å². The number of hydrogen-bond acceptors (Lipinski definition) is 4. The predicted molar refractivity (Wildman–Crippen MR) is 75.1 cm³/mol. The second kappa shape index (κ2) is 3.89. The van der Waals surface area contributed by atoms with Crippen molar-refractivity contribution in [2.75, 3.05) is 19.4 Å². The lowest BCUT2D eigenvalue weighted by Crippen LogP contribution is -2.58. The van der Waals surface area contributed by atoms with Crippen molar-refractivity contribution < 1.29 is 13.2 Å². The van der Waals surface area contributed by atoms with E-state index in [1.165, 1.54) is 11.4 Å². The van der Waals surface area contributed by atoms with Gasteiger partial charge >= 0.3 is 0 Å². The van der Waals surface area contributed by atoms with Crippen molar-refractivity contribution in [3.05, 3.63) is 40.6 Å². The fourth-order valence-electron chi connectivity index (χ4n) is 2.47. The Hall–Kier alpha value is -1.21. The molecule has 3 rings (SSSR count). The van der Waals surface area contributed by atoms with Gasteiger partial charge in [0, 0.05) is 17.1 Å². The number of ether oxygens (including phenoxy) is 1. The Balaban J connectivity index is 2.13. The number of hydrogen-bond donors (Lipinski definition) is 1. The van der Waals surface area contributed by atoms with Crippen LogP contribution >= 0.6 is 15.9 Å². The van der Waals surface area contributed by atoms with Gasteiger partial charge in [0.15, 0.2) is 0 Å². The lowest BCUT2D eigenvalue weighted by atomic mass is 9.94. The third-order valence-corrected chi connectivity index (χ3v) is 5.95. The second-order valence-corrected chi connectivity index (χ2v) is 7.72. The summed E-state index contributed by atoms with van der Waals surface area (Å²) >= 11 is 3.40. The minimum Gasteiger partial charge on any atom is -0.490 e. The molecule has 2 aliphatic heterocycles. The zero-order valence-corrected chi connectivity index (χ0v) is 12.7. The molecule has 0 aliphatic carbocycles. The number of rotatable bonds is 0. The number of benzene rings is 1. The summed E-state index contributed by atoms with van der Waals surface area (Å²) in [4.78, 5) is 0. The van der Waals surface area contributed by atoms with Crippen LogP contribution in [0, 0.1) is 0 Å². The van der Waals surface area contributed by atoms with Gasteiger partial charge in [-0.25, -0.2) is 8.42 Å². The van der Waals surface area contributed by atoms with E-state index in [1.54, 1.807) is 0 Å². The number of nitrogens with one attached hydrogen (secondary N) is 1. The van der Waals surface area contributed by atoms with Gasteiger partial charge in [-0.1, -0.05) is 22.5 Å². The minimum atomic E-state index is -3.38. The molecule has 0 aromatic heterocycles. The van der Waals surface area contributed by atoms with Crippen LogP contribution in [0.15, 0.2) is 35.1 Å². The summed E-state index contributed by atoms with van der Waals surface area (Å²) in [5, 5.41) is 3.19. The van der Waals surface area contributed by atoms with Crippen molar-refractivity contribution >= 4 is 26.0 Å². The van der Waals surface area contributed by atoms with E-state index < -0.39 is 15.6 Å². The van der Waals surface area contributed by atoms with Gasteiger partial charge in [-0.3, -0.25) is 4.31 Å². The molecule has 0 saturated carbocycles. The number of nitrogens with zero attached hydrogens (tertiary/aromatic N) is 1. The van der Waals surface area contributed by atoms with Crippen LogP contribution in [0.3, 0.4) is 0 Å². The van der Waals surface area contributed by atoms with Crippen molar-refractivity contribution in [1.29, 1.82) is 0 Å². The summed E-state index contributed by atoms with van der Waals surface area (Å²) in [6.45, 7) is 4.06. The fraction of sp³-hybridized carbons (Fsp3) is 0.333. The molecule has 0 radical (unpaired) electrons. The molecule has 2 heterocycles. The van der Waals surface area contributed by atoms with Gasteiger partial charge in [-0.05, 0) is 18.2 Å². The highest BCUT2D eigenvalue weighted by molar-refractivity contribution is 9.10. The van der Waals surface area contributed by atoms with Gasteiger partial charge in [0.25, 0.3) is 0 Å². The van der Waals surface area contributed by atoms with Crippen LogP contribution in [-0.4, -0.2) is 32.1 Å². The topological polar surface area (TPSA) is 58.6 Å². The average molecular weight is 345 g/mol. The molecule has 1 aromatic rings. The third kappa shape index (κ3) is 1.83. The Kier molecular flexibility index (Phi) is 2.62. The van der Waals surface area contributed by atoms with Crippen molar-refractivity contribution in [3.63, 3.8) is 0 Å². The van der Waals surface area contributed by atoms with Crippen LogP contribution in [0.1, 0.15) is 5.56 Å². The van der Waals surface area contributed by atoms with Crippen molar-refractivity contribution in [2.45, 2.75) is 5.54 Å². The van der Waals surface area contributed by atoms with E-state index in [0.717, 1.165) is 10.0 Å². The molecule has 5 nitrogen and oxygen atoms in total. The Bertz CT molecular complexity index is 674. The zero-order valence-electron chi connectivity index (χ0n) is 10.3. The number of fused-ring (bicyclic) bond motifs is 2. The minimum absolute atomic E-state index is 0.0427. The standard InChI is InChI=1S/C12H13BrN2O3S/c1-8-14-12(7-19(16,17)15(8)2)6-18-11-4-3-9(13)5-10(11)12/h3-5,14H,1,6-7H2,2H3/t12-/m0/s1. The van der Waals surface area contributed by atoms with Crippen LogP contribution < -0.4 is 10.1 Å². The van der Waals surface area contributed by atoms with Crippen LogP contribution in [0.5, 0.6) is 5.75 Å². The predicted octanol–water partition coefficient (Wildman–Crippen LogP) is 1.37. The lowest BCUT2D eigenvalue weighted by molar-refractivity contribution is 0.237. The molecule has 2 aliphatic rings. The van der Waals surface area contributed by atoms with Gasteiger partial charge in [0.2, 0.25) is 10.0 Å². The average Bonchev–Trinajstić information content (AvgIpc) is 2.64. The monoisotopic (exact) mass is 344 g/mol. The molecule has 19 heavy (non-hydrogen) atoms. The fourth-order valence-corrected chi connectivity index (χ4v) is 4.34. The first-order valence-electron chi connectivity index (χ1n) is 5.71. The first kappa shape index (κ1) is 12.8. The molecule has 1 fully saturated rings. The van der Waals surface area contributed by atoms with Gasteiger partial charge in [-0.15, -0.1) is 0 Å². The van der Waals surface area contributed by atoms with Gasteiger partial charge in [0.05, 0.1) is 0 Å². The first-order chi connectivity index (χ1) is 8.84. The Morgan fingerprint density at radius 2 is 2.26 bits per heavy atom. The summed E-state index contributed by atoms with van der Waals surface area (Å²) in [7, 11) is -1.89. The molecular formula is C12H13BrN2O3S. The van der Waals surface area contributed by atoms with Crippen LogP contribution in [0.25, 0.3) is 0 Å². The summed E-state index contributed by atoms with van der Waals surface area (Å²) in [6.07, 6.45) is 0. The highest BCUT2D eigenvalue weighted by Crippen LogP contribution is 2.42. The Morgan fingerprint density at radius 3 is 2.95 bits per heavy atom. The maximum atomic E-state index is 12.2. The SMILES string of the molecule is C=C1N[C@@]2(COc3ccc(Br)cc32)CS(=O)(=O)N1C. The molecule has 1 N–H and O–H groups in total. The van der Waals surface area contributed by atoms with E-state index in [4.69, 9.17) is 4.74 Å². The smallest absolute Gasteiger partial charge is 0.238 e. The quantitative estimate of drug-likeness (QED) is 0.772. The second-order valence-electron chi connectivity index (χ2n) is 4.81. The molecule has 1 saturated heterocycles. The number of sulfonamides is 1. The van der Waals surface area contributed by atoms with Crippen LogP contribution in [-0.2, 0) is 15.6 Å². The highest BCUT2D eigenvalue weighted by Gasteiger charge is 2.49. The van der Waals surface area contributed by atoms with Gasteiger partial charge in [0.1, 0.15) is 29.5 Å². The molecule has 0 amide bonds. The Labute approximate surface area is 120 Å². The largest absolute Gasteiger partial charge is 0.490 e. The lowest BCUT2D eigenvalue weighted by Gasteiger charge is -2.40. The summed E-state index contributed by atoms with van der Waals surface area (Å²) in [5.41, 5.74) is 0.0985. The van der Waals surface area contributed by atoms with Crippen molar-refractivity contribution in [2.24, 2.45) is 0 Å². The van der Waals surface area contributed by atoms with E-state index in [-0.39, 0.29) is 12.4 Å². The maximum absolute atomic E-state index is 12.2. The molecule has 1 spiro atoms. The molecular weight excluding hydrogens is 332 g/mol. The Morgan fingerprint density at radius 1 is 1.53 bits per heavy atom.